The van der Waals surface area contributed by atoms with Gasteiger partial charge >= 0.3 is 0 Å². The Hall–Kier alpha value is -1.55. The molecule has 1 aliphatic heterocycles. The van der Waals surface area contributed by atoms with Crippen LogP contribution in [-0.4, -0.2) is 49.6 Å². The molecule has 29 heavy (non-hydrogen) atoms. The molecule has 0 atom stereocenters. The number of nitrogens with zero attached hydrogens (tertiary/aromatic N) is 3. The third-order valence-corrected chi connectivity index (χ3v) is 6.81. The molecule has 1 aromatic carbocycles. The minimum atomic E-state index is -0.439. The van der Waals surface area contributed by atoms with E-state index in [1.54, 1.807) is 12.1 Å². The van der Waals surface area contributed by atoms with Crippen LogP contribution in [0.2, 0.25) is 10.0 Å². The molecule has 8 heteroatoms. The predicted octanol–water partition coefficient (Wildman–Crippen LogP) is 4.23. The Labute approximate surface area is 181 Å². The average Bonchev–Trinajstić information content (AvgIpc) is 2.72. The zero-order valence-corrected chi connectivity index (χ0v) is 18.0. The molecule has 2 fully saturated rings. The van der Waals surface area contributed by atoms with Crippen molar-refractivity contribution in [1.29, 1.82) is 5.26 Å². The molecule has 1 amide bonds. The van der Waals surface area contributed by atoms with Crippen molar-refractivity contribution in [3.63, 3.8) is 0 Å². The van der Waals surface area contributed by atoms with Gasteiger partial charge in [0, 0.05) is 32.2 Å². The van der Waals surface area contributed by atoms with Crippen molar-refractivity contribution in [3.05, 3.63) is 28.0 Å². The monoisotopic (exact) mass is 440 g/mol. The lowest BCUT2D eigenvalue weighted by Gasteiger charge is -2.37. The van der Waals surface area contributed by atoms with Crippen molar-refractivity contribution in [3.8, 4) is 6.07 Å². The molecule has 1 aromatic rings. The van der Waals surface area contributed by atoms with Crippen LogP contribution < -0.4 is 10.2 Å². The van der Waals surface area contributed by atoms with Gasteiger partial charge in [0.25, 0.3) is 0 Å². The van der Waals surface area contributed by atoms with E-state index in [0.29, 0.717) is 11.6 Å². The van der Waals surface area contributed by atoms with Gasteiger partial charge in [0.1, 0.15) is 6.42 Å². The fourth-order valence-electron chi connectivity index (χ4n) is 4.28. The van der Waals surface area contributed by atoms with Crippen LogP contribution in [0.25, 0.3) is 0 Å². The number of rotatable bonds is 6. The number of carbonyl (C=O) groups excluding carboxylic acids is 1. The van der Waals surface area contributed by atoms with Crippen molar-refractivity contribution in [2.75, 3.05) is 37.6 Å². The lowest BCUT2D eigenvalue weighted by Crippen LogP contribution is -2.47. The molecule has 1 N–H and O–H groups in total. The van der Waals surface area contributed by atoms with Crippen LogP contribution in [0.15, 0.2) is 12.1 Å². The van der Waals surface area contributed by atoms with Crippen LogP contribution in [0.3, 0.4) is 0 Å². The van der Waals surface area contributed by atoms with Gasteiger partial charge in [0.2, 0.25) is 5.91 Å². The van der Waals surface area contributed by atoms with Crippen molar-refractivity contribution >= 4 is 34.8 Å². The largest absolute Gasteiger partial charge is 0.367 e. The minimum absolute atomic E-state index is 0.00832. The molecule has 1 saturated carbocycles. The molecule has 1 aliphatic carbocycles. The highest BCUT2D eigenvalue weighted by atomic mass is 35.5. The van der Waals surface area contributed by atoms with Crippen LogP contribution in [0.1, 0.15) is 38.5 Å². The summed E-state index contributed by atoms with van der Waals surface area (Å²) in [4.78, 5) is 16.0. The van der Waals surface area contributed by atoms with Gasteiger partial charge in [0.15, 0.2) is 5.82 Å². The van der Waals surface area contributed by atoms with E-state index in [1.807, 2.05) is 11.0 Å². The third-order valence-electron chi connectivity index (χ3n) is 6.03. The van der Waals surface area contributed by atoms with E-state index in [9.17, 15) is 9.18 Å². The zero-order chi connectivity index (χ0) is 20.8. The summed E-state index contributed by atoms with van der Waals surface area (Å²) in [6.45, 7) is 4.39. The summed E-state index contributed by atoms with van der Waals surface area (Å²) in [5, 5.41) is 11.8. The number of carbonyl (C=O) groups is 1. The lowest BCUT2D eigenvalue weighted by atomic mass is 9.84. The predicted molar refractivity (Wildman–Crippen MR) is 114 cm³/mol. The molecule has 0 spiro atoms. The van der Waals surface area contributed by atoms with Gasteiger partial charge in [0.05, 0.1) is 21.8 Å². The Kier molecular flexibility index (Phi) is 7.99. The quantitative estimate of drug-likeness (QED) is 0.672. The standard InChI is InChI=1S/C21H27Cl2FN4O/c22-17-5-6-18(21(24)20(17)23)28-13-11-27(12-14-28)10-8-15-1-3-16(4-2-15)26-19(29)7-9-25/h5-6,15-16H,1-4,7-8,10-14H2,(H,26,29). The van der Waals surface area contributed by atoms with Crippen molar-refractivity contribution in [1.82, 2.24) is 10.2 Å². The maximum Gasteiger partial charge on any atom is 0.234 e. The number of piperazine rings is 1. The molecule has 3 rings (SSSR count). The van der Waals surface area contributed by atoms with Gasteiger partial charge in [-0.15, -0.1) is 0 Å². The SMILES string of the molecule is N#CCC(=O)NC1CCC(CCN2CCN(c3ccc(Cl)c(Cl)c3F)CC2)CC1. The first-order valence-electron chi connectivity index (χ1n) is 10.2. The van der Waals surface area contributed by atoms with Crippen molar-refractivity contribution < 1.29 is 9.18 Å². The van der Waals surface area contributed by atoms with Crippen molar-refractivity contribution in [2.45, 2.75) is 44.6 Å². The summed E-state index contributed by atoms with van der Waals surface area (Å²) in [5.41, 5.74) is 0.524. The molecule has 0 radical (unpaired) electrons. The molecular formula is C21H27Cl2FN4O. The summed E-state index contributed by atoms with van der Waals surface area (Å²) in [6, 6.07) is 5.46. The normalized spacial score (nSPS) is 22.9. The Morgan fingerprint density at radius 2 is 1.86 bits per heavy atom. The van der Waals surface area contributed by atoms with Gasteiger partial charge in [-0.3, -0.25) is 9.69 Å². The number of hydrogen-bond acceptors (Lipinski definition) is 4. The van der Waals surface area contributed by atoms with Crippen LogP contribution >= 0.6 is 23.2 Å². The molecule has 5 nitrogen and oxygen atoms in total. The zero-order valence-electron chi connectivity index (χ0n) is 16.5. The number of amides is 1. The first-order valence-corrected chi connectivity index (χ1v) is 11.0. The smallest absolute Gasteiger partial charge is 0.234 e. The second-order valence-electron chi connectivity index (χ2n) is 7.93. The first-order chi connectivity index (χ1) is 14.0. The number of hydrogen-bond donors (Lipinski definition) is 1. The highest BCUT2D eigenvalue weighted by Gasteiger charge is 2.25. The summed E-state index contributed by atoms with van der Waals surface area (Å²) in [6.07, 6.45) is 5.31. The summed E-state index contributed by atoms with van der Waals surface area (Å²) in [5.74, 6) is 0.0862. The second-order valence-corrected chi connectivity index (χ2v) is 8.72. The van der Waals surface area contributed by atoms with Crippen LogP contribution in [0.5, 0.6) is 0 Å². The summed E-state index contributed by atoms with van der Waals surface area (Å²) in [7, 11) is 0. The van der Waals surface area contributed by atoms with Gasteiger partial charge in [-0.05, 0) is 56.7 Å². The fraction of sp³-hybridized carbons (Fsp3) is 0.619. The van der Waals surface area contributed by atoms with Crippen LogP contribution in [0.4, 0.5) is 10.1 Å². The molecule has 158 valence electrons. The van der Waals surface area contributed by atoms with Gasteiger partial charge in [-0.25, -0.2) is 4.39 Å². The molecule has 2 aliphatic rings. The highest BCUT2D eigenvalue weighted by Crippen LogP contribution is 2.32. The van der Waals surface area contributed by atoms with E-state index >= 15 is 0 Å². The molecule has 1 heterocycles. The maximum atomic E-state index is 14.4. The Morgan fingerprint density at radius 3 is 2.52 bits per heavy atom. The first kappa shape index (κ1) is 22.1. The van der Waals surface area contributed by atoms with E-state index in [0.717, 1.165) is 64.8 Å². The second kappa shape index (κ2) is 10.5. The van der Waals surface area contributed by atoms with Gasteiger partial charge in [-0.1, -0.05) is 23.2 Å². The number of benzene rings is 1. The van der Waals surface area contributed by atoms with Gasteiger partial charge < -0.3 is 10.2 Å². The van der Waals surface area contributed by atoms with E-state index in [1.165, 1.54) is 0 Å². The fourth-order valence-corrected chi connectivity index (χ4v) is 4.59. The summed E-state index contributed by atoms with van der Waals surface area (Å²) < 4.78 is 14.4. The van der Waals surface area contributed by atoms with Crippen molar-refractivity contribution in [2.24, 2.45) is 5.92 Å². The van der Waals surface area contributed by atoms with E-state index < -0.39 is 5.82 Å². The Bertz CT molecular complexity index is 754. The van der Waals surface area contributed by atoms with E-state index in [-0.39, 0.29) is 28.4 Å². The van der Waals surface area contributed by atoms with Crippen LogP contribution in [0, 0.1) is 23.1 Å². The minimum Gasteiger partial charge on any atom is -0.367 e. The molecule has 0 unspecified atom stereocenters. The highest BCUT2D eigenvalue weighted by molar-refractivity contribution is 6.42. The average molecular weight is 441 g/mol. The lowest BCUT2D eigenvalue weighted by molar-refractivity contribution is -0.121. The number of anilines is 1. The Balaban J connectivity index is 1.37. The third kappa shape index (κ3) is 5.97. The van der Waals surface area contributed by atoms with E-state index in [4.69, 9.17) is 28.5 Å². The molecule has 0 aromatic heterocycles. The molecule has 0 bridgehead atoms. The number of halogens is 3. The summed E-state index contributed by atoms with van der Waals surface area (Å²) >= 11 is 11.8. The number of nitriles is 1. The van der Waals surface area contributed by atoms with Gasteiger partial charge in [-0.2, -0.15) is 5.26 Å². The maximum absolute atomic E-state index is 14.4. The van der Waals surface area contributed by atoms with E-state index in [2.05, 4.69) is 10.2 Å². The molecule has 1 saturated heterocycles. The van der Waals surface area contributed by atoms with Crippen LogP contribution in [-0.2, 0) is 4.79 Å². The molecular weight excluding hydrogens is 414 g/mol. The Morgan fingerprint density at radius 1 is 1.17 bits per heavy atom. The topological polar surface area (TPSA) is 59.4 Å². The number of nitrogens with one attached hydrogen (secondary N) is 1.